The highest BCUT2D eigenvalue weighted by molar-refractivity contribution is 7.88. The highest BCUT2D eigenvalue weighted by Gasteiger charge is 2.39. The number of nitrogens with zero attached hydrogens (tertiary/aromatic N) is 1. The summed E-state index contributed by atoms with van der Waals surface area (Å²) in [5, 5.41) is 2.94. The van der Waals surface area contributed by atoms with Crippen molar-refractivity contribution in [3.63, 3.8) is 0 Å². The van der Waals surface area contributed by atoms with Gasteiger partial charge in [-0.2, -0.15) is 0 Å². The number of amides is 2. The predicted molar refractivity (Wildman–Crippen MR) is 134 cm³/mol. The van der Waals surface area contributed by atoms with Crippen LogP contribution in [0.5, 0.6) is 0 Å². The molecule has 8 heteroatoms. The van der Waals surface area contributed by atoms with E-state index >= 15 is 0 Å². The lowest BCUT2D eigenvalue weighted by molar-refractivity contribution is -0.132. The molecule has 0 bridgehead atoms. The Hall–Kier alpha value is -2.97. The van der Waals surface area contributed by atoms with Crippen molar-refractivity contribution in [3.05, 3.63) is 72.3 Å². The van der Waals surface area contributed by atoms with Crippen molar-refractivity contribution in [3.8, 4) is 0 Å². The van der Waals surface area contributed by atoms with E-state index in [1.165, 1.54) is 11.6 Å². The fourth-order valence-corrected chi connectivity index (χ4v) is 5.99. The molecule has 180 valence electrons. The average molecular weight is 482 g/mol. The first-order valence-corrected chi connectivity index (χ1v) is 13.4. The average Bonchev–Trinajstić information content (AvgIpc) is 3.27. The zero-order chi connectivity index (χ0) is 24.1. The second-order valence-electron chi connectivity index (χ2n) is 8.95. The molecule has 34 heavy (non-hydrogen) atoms. The number of carbonyl (C=O) groups excluding carboxylic acids is 2. The van der Waals surface area contributed by atoms with Crippen LogP contribution in [0.2, 0.25) is 0 Å². The van der Waals surface area contributed by atoms with E-state index in [2.05, 4.69) is 22.7 Å². The summed E-state index contributed by atoms with van der Waals surface area (Å²) in [6.07, 6.45) is 5.59. The summed E-state index contributed by atoms with van der Waals surface area (Å²) in [6.45, 7) is 4.35. The largest absolute Gasteiger partial charge is 0.326 e. The molecule has 1 heterocycles. The summed E-state index contributed by atoms with van der Waals surface area (Å²) >= 11 is 0. The summed E-state index contributed by atoms with van der Waals surface area (Å²) in [5.74, 6) is -0.973. The molecular formula is C26H31N3O4S. The number of fused-ring (bicyclic) bond motifs is 1. The van der Waals surface area contributed by atoms with E-state index in [1.54, 1.807) is 24.3 Å². The van der Waals surface area contributed by atoms with Crippen LogP contribution in [-0.4, -0.2) is 33.3 Å². The molecule has 2 amide bonds. The molecule has 2 aliphatic rings. The molecule has 0 radical (unpaired) electrons. The molecule has 1 aliphatic carbocycles. The summed E-state index contributed by atoms with van der Waals surface area (Å²) < 4.78 is 26.5. The molecule has 0 aromatic heterocycles. The van der Waals surface area contributed by atoms with Gasteiger partial charge in [0, 0.05) is 30.4 Å². The van der Waals surface area contributed by atoms with E-state index in [0.717, 1.165) is 24.9 Å². The second kappa shape index (κ2) is 10.5. The Balaban J connectivity index is 1.41. The molecule has 7 nitrogen and oxygen atoms in total. The first kappa shape index (κ1) is 24.2. The van der Waals surface area contributed by atoms with Crippen molar-refractivity contribution in [1.82, 2.24) is 4.72 Å². The molecule has 0 saturated heterocycles. The van der Waals surface area contributed by atoms with Gasteiger partial charge in [-0.25, -0.2) is 13.1 Å². The van der Waals surface area contributed by atoms with Gasteiger partial charge in [-0.3, -0.25) is 9.59 Å². The van der Waals surface area contributed by atoms with Crippen LogP contribution in [0.25, 0.3) is 0 Å². The number of rotatable bonds is 8. The van der Waals surface area contributed by atoms with Gasteiger partial charge in [-0.05, 0) is 48.6 Å². The molecule has 1 fully saturated rings. The molecule has 2 aromatic carbocycles. The third-order valence-corrected chi connectivity index (χ3v) is 7.92. The summed E-state index contributed by atoms with van der Waals surface area (Å²) in [4.78, 5) is 28.5. The molecule has 2 unspecified atom stereocenters. The third kappa shape index (κ3) is 5.56. The van der Waals surface area contributed by atoms with E-state index in [1.807, 2.05) is 23.1 Å². The van der Waals surface area contributed by atoms with Crippen LogP contribution in [0, 0.1) is 11.8 Å². The standard InChI is InChI=1S/C26H31N3O4S/c1-2-16-27-34(32,33)18-19-11-13-21(14-12-19)28-25(30)22-8-4-5-9-23(22)26(31)29-17-15-20-7-3-6-10-24(20)29/h2-3,6-7,10-14,22-23,27H,1,4-5,8-9,15-18H2,(H,28,30). The minimum atomic E-state index is -3.45. The van der Waals surface area contributed by atoms with Crippen molar-refractivity contribution in [2.75, 3.05) is 23.3 Å². The molecule has 2 atom stereocenters. The first-order chi connectivity index (χ1) is 16.4. The van der Waals surface area contributed by atoms with E-state index in [9.17, 15) is 18.0 Å². The van der Waals surface area contributed by atoms with Crippen LogP contribution in [-0.2, 0) is 31.8 Å². The van der Waals surface area contributed by atoms with Crippen molar-refractivity contribution in [2.24, 2.45) is 11.8 Å². The molecule has 0 spiro atoms. The van der Waals surface area contributed by atoms with Gasteiger partial charge in [0.2, 0.25) is 21.8 Å². The van der Waals surface area contributed by atoms with Gasteiger partial charge in [-0.1, -0.05) is 49.2 Å². The number of hydrogen-bond donors (Lipinski definition) is 2. The van der Waals surface area contributed by atoms with Crippen molar-refractivity contribution >= 4 is 33.2 Å². The number of para-hydroxylation sites is 1. The van der Waals surface area contributed by atoms with Gasteiger partial charge in [0.25, 0.3) is 0 Å². The molecule has 1 saturated carbocycles. The van der Waals surface area contributed by atoms with Gasteiger partial charge in [0.1, 0.15) is 0 Å². The zero-order valence-electron chi connectivity index (χ0n) is 19.2. The Kier molecular flexibility index (Phi) is 7.48. The third-order valence-electron chi connectivity index (χ3n) is 6.60. The molecule has 2 N–H and O–H groups in total. The summed E-state index contributed by atoms with van der Waals surface area (Å²) in [6, 6.07) is 14.7. The Labute approximate surface area is 201 Å². The lowest BCUT2D eigenvalue weighted by Gasteiger charge is -2.32. The normalized spacial score (nSPS) is 19.9. The minimum Gasteiger partial charge on any atom is -0.326 e. The highest BCUT2D eigenvalue weighted by atomic mass is 32.2. The summed E-state index contributed by atoms with van der Waals surface area (Å²) in [5.41, 5.74) is 3.35. The Bertz CT molecular complexity index is 1160. The zero-order valence-corrected chi connectivity index (χ0v) is 20.0. The van der Waals surface area contributed by atoms with Crippen molar-refractivity contribution < 1.29 is 18.0 Å². The van der Waals surface area contributed by atoms with Crippen LogP contribution in [0.1, 0.15) is 36.8 Å². The fraction of sp³-hybridized carbons (Fsp3) is 0.385. The number of hydrogen-bond acceptors (Lipinski definition) is 4. The molecular weight excluding hydrogens is 450 g/mol. The molecule has 4 rings (SSSR count). The lowest BCUT2D eigenvalue weighted by Crippen LogP contribution is -2.43. The maximum Gasteiger partial charge on any atom is 0.230 e. The van der Waals surface area contributed by atoms with Crippen LogP contribution in [0.4, 0.5) is 11.4 Å². The first-order valence-electron chi connectivity index (χ1n) is 11.8. The maximum absolute atomic E-state index is 13.5. The van der Waals surface area contributed by atoms with Gasteiger partial charge in [-0.15, -0.1) is 6.58 Å². The Morgan fingerprint density at radius 1 is 1.03 bits per heavy atom. The van der Waals surface area contributed by atoms with Gasteiger partial charge in [0.05, 0.1) is 11.7 Å². The van der Waals surface area contributed by atoms with Crippen LogP contribution in [0.3, 0.4) is 0 Å². The maximum atomic E-state index is 13.5. The van der Waals surface area contributed by atoms with E-state index in [0.29, 0.717) is 30.6 Å². The van der Waals surface area contributed by atoms with Gasteiger partial charge < -0.3 is 10.2 Å². The SMILES string of the molecule is C=CCNS(=O)(=O)Cc1ccc(NC(=O)C2CCCCC2C(=O)N2CCc3ccccc32)cc1. The summed E-state index contributed by atoms with van der Waals surface area (Å²) in [7, 11) is -3.45. The molecule has 2 aromatic rings. The Morgan fingerprint density at radius 2 is 1.74 bits per heavy atom. The number of anilines is 2. The number of sulfonamides is 1. The number of carbonyl (C=O) groups is 2. The van der Waals surface area contributed by atoms with E-state index in [-0.39, 0.29) is 35.9 Å². The Morgan fingerprint density at radius 3 is 2.47 bits per heavy atom. The van der Waals surface area contributed by atoms with Crippen LogP contribution >= 0.6 is 0 Å². The van der Waals surface area contributed by atoms with E-state index < -0.39 is 10.0 Å². The monoisotopic (exact) mass is 481 g/mol. The van der Waals surface area contributed by atoms with Crippen LogP contribution in [0.15, 0.2) is 61.2 Å². The van der Waals surface area contributed by atoms with E-state index in [4.69, 9.17) is 0 Å². The minimum absolute atomic E-state index is 0.0392. The van der Waals surface area contributed by atoms with Gasteiger partial charge in [0.15, 0.2) is 0 Å². The topological polar surface area (TPSA) is 95.6 Å². The number of benzene rings is 2. The predicted octanol–water partition coefficient (Wildman–Crippen LogP) is 3.63. The van der Waals surface area contributed by atoms with Crippen molar-refractivity contribution in [2.45, 2.75) is 37.9 Å². The molecule has 1 aliphatic heterocycles. The van der Waals surface area contributed by atoms with Crippen molar-refractivity contribution in [1.29, 1.82) is 0 Å². The van der Waals surface area contributed by atoms with Gasteiger partial charge >= 0.3 is 0 Å². The quantitative estimate of drug-likeness (QED) is 0.563. The highest BCUT2D eigenvalue weighted by Crippen LogP contribution is 2.36. The number of nitrogens with one attached hydrogen (secondary N) is 2. The second-order valence-corrected chi connectivity index (χ2v) is 10.8. The fourth-order valence-electron chi connectivity index (χ4n) is 4.88. The lowest BCUT2D eigenvalue weighted by atomic mass is 9.77. The van der Waals surface area contributed by atoms with Crippen LogP contribution < -0.4 is 14.9 Å². The smallest absolute Gasteiger partial charge is 0.230 e.